The molecular formula is C16H21F3N2O. The second kappa shape index (κ2) is 7.63. The van der Waals surface area contributed by atoms with Gasteiger partial charge in [0.1, 0.15) is 11.9 Å². The van der Waals surface area contributed by atoms with E-state index in [0.717, 1.165) is 31.6 Å². The summed E-state index contributed by atoms with van der Waals surface area (Å²) in [5.41, 5.74) is 0.212. The molecule has 1 fully saturated rings. The Hall–Kier alpha value is -1.56. The highest BCUT2D eigenvalue weighted by Gasteiger charge is 2.29. The number of nitrogens with zero attached hydrogens (tertiary/aromatic N) is 1. The number of halogens is 3. The monoisotopic (exact) mass is 314 g/mol. The summed E-state index contributed by atoms with van der Waals surface area (Å²) in [5.74, 6) is -1.17. The van der Waals surface area contributed by atoms with Crippen molar-refractivity contribution in [3.63, 3.8) is 0 Å². The van der Waals surface area contributed by atoms with Crippen molar-refractivity contribution < 1.29 is 18.0 Å². The molecule has 1 amide bonds. The zero-order chi connectivity index (χ0) is 16.1. The molecule has 0 unspecified atom stereocenters. The minimum absolute atomic E-state index is 0.212. The Morgan fingerprint density at radius 3 is 2.36 bits per heavy atom. The number of carbonyl (C=O) groups excluding carboxylic acids is 1. The summed E-state index contributed by atoms with van der Waals surface area (Å²) >= 11 is 0. The van der Waals surface area contributed by atoms with E-state index in [1.54, 1.807) is 0 Å². The molecule has 3 nitrogen and oxygen atoms in total. The molecule has 1 saturated heterocycles. The number of rotatable bonds is 7. The largest absolute Gasteiger partial charge is 0.343 e. The van der Waals surface area contributed by atoms with Crippen LogP contribution in [0.1, 0.15) is 31.4 Å². The van der Waals surface area contributed by atoms with Gasteiger partial charge in [0, 0.05) is 6.54 Å². The molecule has 0 saturated carbocycles. The van der Waals surface area contributed by atoms with Crippen LogP contribution in [0.5, 0.6) is 0 Å². The van der Waals surface area contributed by atoms with Crippen LogP contribution in [0.25, 0.3) is 0 Å². The molecule has 122 valence electrons. The number of hydrogen-bond donors (Lipinski definition) is 1. The highest BCUT2D eigenvalue weighted by molar-refractivity contribution is 5.79. The SMILES string of the molecule is CC[C@@H](CN1CCC1)C(=O)N[C@H](c1ccc(F)cc1)C(F)F. The number of carbonyl (C=O) groups is 1. The third kappa shape index (κ3) is 4.22. The highest BCUT2D eigenvalue weighted by atomic mass is 19.3. The predicted octanol–water partition coefficient (Wildman–Crippen LogP) is 2.98. The third-order valence-electron chi connectivity index (χ3n) is 4.07. The van der Waals surface area contributed by atoms with Crippen molar-refractivity contribution in [3.05, 3.63) is 35.6 Å². The van der Waals surface area contributed by atoms with Crippen LogP contribution in [0.15, 0.2) is 24.3 Å². The second-order valence-corrected chi connectivity index (χ2v) is 5.63. The summed E-state index contributed by atoms with van der Waals surface area (Å²) in [7, 11) is 0. The Labute approximate surface area is 128 Å². The molecule has 0 aromatic heterocycles. The Bertz CT molecular complexity index is 489. The van der Waals surface area contributed by atoms with Gasteiger partial charge < -0.3 is 10.2 Å². The fraction of sp³-hybridized carbons (Fsp3) is 0.562. The first-order valence-electron chi connectivity index (χ1n) is 7.57. The summed E-state index contributed by atoms with van der Waals surface area (Å²) in [5, 5.41) is 2.42. The van der Waals surface area contributed by atoms with Crippen molar-refractivity contribution in [3.8, 4) is 0 Å². The van der Waals surface area contributed by atoms with E-state index in [1.807, 2.05) is 6.92 Å². The van der Waals surface area contributed by atoms with Crippen LogP contribution in [0.3, 0.4) is 0 Å². The Kier molecular flexibility index (Phi) is 5.83. The van der Waals surface area contributed by atoms with Crippen molar-refractivity contribution in [1.29, 1.82) is 0 Å². The molecular weight excluding hydrogens is 293 g/mol. The number of amides is 1. The number of alkyl halides is 2. The molecule has 2 atom stereocenters. The van der Waals surface area contributed by atoms with Gasteiger partial charge in [0.05, 0.1) is 5.92 Å². The van der Waals surface area contributed by atoms with E-state index in [4.69, 9.17) is 0 Å². The number of benzene rings is 1. The molecule has 0 spiro atoms. The molecule has 1 aromatic rings. The first kappa shape index (κ1) is 16.8. The van der Waals surface area contributed by atoms with Gasteiger partial charge in [-0.05, 0) is 43.6 Å². The van der Waals surface area contributed by atoms with E-state index in [2.05, 4.69) is 10.2 Å². The van der Waals surface area contributed by atoms with Gasteiger partial charge in [0.2, 0.25) is 5.91 Å². The normalized spacial score (nSPS) is 17.9. The number of nitrogens with one attached hydrogen (secondary N) is 1. The topological polar surface area (TPSA) is 32.3 Å². The maximum absolute atomic E-state index is 13.2. The second-order valence-electron chi connectivity index (χ2n) is 5.63. The lowest BCUT2D eigenvalue weighted by atomic mass is 10.0. The lowest BCUT2D eigenvalue weighted by Crippen LogP contribution is -2.46. The lowest BCUT2D eigenvalue weighted by Gasteiger charge is -2.33. The average Bonchev–Trinajstić information content (AvgIpc) is 2.44. The molecule has 1 aliphatic heterocycles. The number of likely N-dealkylation sites (tertiary alicyclic amines) is 1. The zero-order valence-corrected chi connectivity index (χ0v) is 12.6. The lowest BCUT2D eigenvalue weighted by molar-refractivity contribution is -0.128. The molecule has 1 aromatic carbocycles. The molecule has 0 aliphatic carbocycles. The number of hydrogen-bond acceptors (Lipinski definition) is 2. The van der Waals surface area contributed by atoms with Gasteiger partial charge in [-0.3, -0.25) is 4.79 Å². The van der Waals surface area contributed by atoms with Crippen molar-refractivity contribution in [1.82, 2.24) is 10.2 Å². The Balaban J connectivity index is 2.02. The van der Waals surface area contributed by atoms with Gasteiger partial charge in [0.25, 0.3) is 6.43 Å². The summed E-state index contributed by atoms with van der Waals surface area (Å²) < 4.78 is 39.4. The van der Waals surface area contributed by atoms with Gasteiger partial charge in [0.15, 0.2) is 0 Å². The van der Waals surface area contributed by atoms with Crippen LogP contribution < -0.4 is 5.32 Å². The van der Waals surface area contributed by atoms with Gasteiger partial charge in [-0.25, -0.2) is 13.2 Å². The average molecular weight is 314 g/mol. The first-order valence-corrected chi connectivity index (χ1v) is 7.57. The van der Waals surface area contributed by atoms with Gasteiger partial charge in [-0.15, -0.1) is 0 Å². The van der Waals surface area contributed by atoms with Gasteiger partial charge in [-0.2, -0.15) is 0 Å². The van der Waals surface area contributed by atoms with Crippen molar-refractivity contribution in [2.75, 3.05) is 19.6 Å². The maximum atomic E-state index is 13.2. The molecule has 0 radical (unpaired) electrons. The van der Waals surface area contributed by atoms with Crippen molar-refractivity contribution in [2.45, 2.75) is 32.2 Å². The summed E-state index contributed by atoms with van der Waals surface area (Å²) in [6.45, 7) is 4.39. The van der Waals surface area contributed by atoms with E-state index < -0.39 is 18.3 Å². The van der Waals surface area contributed by atoms with Crippen LogP contribution >= 0.6 is 0 Å². The fourth-order valence-electron chi connectivity index (χ4n) is 2.51. The van der Waals surface area contributed by atoms with Crippen molar-refractivity contribution >= 4 is 5.91 Å². The molecule has 1 N–H and O–H groups in total. The Morgan fingerprint density at radius 1 is 1.27 bits per heavy atom. The maximum Gasteiger partial charge on any atom is 0.262 e. The standard InChI is InChI=1S/C16H21F3N2O/c1-2-11(10-21-8-3-9-21)16(22)20-14(15(18)19)12-4-6-13(17)7-5-12/h4-7,11,14-15H,2-3,8-10H2,1H3,(H,20,22)/t11-,14+/m0/s1. The van der Waals surface area contributed by atoms with Gasteiger partial charge in [-0.1, -0.05) is 19.1 Å². The fourth-order valence-corrected chi connectivity index (χ4v) is 2.51. The van der Waals surface area contributed by atoms with E-state index in [9.17, 15) is 18.0 Å². The smallest absolute Gasteiger partial charge is 0.262 e. The molecule has 0 bridgehead atoms. The first-order chi connectivity index (χ1) is 10.5. The summed E-state index contributed by atoms with van der Waals surface area (Å²) in [6, 6.07) is 3.40. The van der Waals surface area contributed by atoms with E-state index in [-0.39, 0.29) is 17.4 Å². The molecule has 6 heteroatoms. The summed E-state index contributed by atoms with van der Waals surface area (Å²) in [6.07, 6.45) is -1.02. The quantitative estimate of drug-likeness (QED) is 0.839. The van der Waals surface area contributed by atoms with Crippen LogP contribution in [-0.4, -0.2) is 36.9 Å². The summed E-state index contributed by atoms with van der Waals surface area (Å²) in [4.78, 5) is 14.4. The van der Waals surface area contributed by atoms with Gasteiger partial charge >= 0.3 is 0 Å². The molecule has 22 heavy (non-hydrogen) atoms. The highest BCUT2D eigenvalue weighted by Crippen LogP contribution is 2.22. The van der Waals surface area contributed by atoms with Crippen LogP contribution in [0.2, 0.25) is 0 Å². The minimum atomic E-state index is -2.74. The molecule has 1 aliphatic rings. The van der Waals surface area contributed by atoms with E-state index in [0.29, 0.717) is 13.0 Å². The van der Waals surface area contributed by atoms with E-state index in [1.165, 1.54) is 12.1 Å². The van der Waals surface area contributed by atoms with Crippen LogP contribution in [0.4, 0.5) is 13.2 Å². The van der Waals surface area contributed by atoms with Crippen LogP contribution in [0, 0.1) is 11.7 Å². The molecule has 2 rings (SSSR count). The minimum Gasteiger partial charge on any atom is -0.343 e. The third-order valence-corrected chi connectivity index (χ3v) is 4.07. The Morgan fingerprint density at radius 2 is 1.91 bits per heavy atom. The zero-order valence-electron chi connectivity index (χ0n) is 12.6. The predicted molar refractivity (Wildman–Crippen MR) is 78.1 cm³/mol. The van der Waals surface area contributed by atoms with E-state index >= 15 is 0 Å². The van der Waals surface area contributed by atoms with Crippen molar-refractivity contribution in [2.24, 2.45) is 5.92 Å². The van der Waals surface area contributed by atoms with Crippen LogP contribution in [-0.2, 0) is 4.79 Å². The molecule has 1 heterocycles.